The van der Waals surface area contributed by atoms with Crippen molar-refractivity contribution in [2.75, 3.05) is 18.1 Å². The minimum absolute atomic E-state index is 0.215. The number of carbonyl (C=O) groups excluding carboxylic acids is 1. The average molecular weight is 418 g/mol. The van der Waals surface area contributed by atoms with Gasteiger partial charge >= 0.3 is 0 Å². The van der Waals surface area contributed by atoms with Gasteiger partial charge in [-0.05, 0) is 55.0 Å². The summed E-state index contributed by atoms with van der Waals surface area (Å²) in [6.45, 7) is 4.99. The predicted octanol–water partition coefficient (Wildman–Crippen LogP) is 4.59. The number of rotatable bonds is 10. The molecular weight excluding hydrogens is 394 g/mol. The first kappa shape index (κ1) is 20.5. The number of nitrogens with zero attached hydrogens (tertiary/aromatic N) is 3. The number of phenolic OH excluding ortho intramolecular Hbond substituents is 1. The topological polar surface area (TPSA) is 77.2 Å². The third-order valence-electron chi connectivity index (χ3n) is 4.06. The highest BCUT2D eigenvalue weighted by Gasteiger charge is 2.14. The SMILES string of the molecule is CCCCSc1cc(C)cc(-n2nc3ccc(SCCOC=O)cc3n2)c1O. The van der Waals surface area contributed by atoms with E-state index in [0.29, 0.717) is 24.5 Å². The van der Waals surface area contributed by atoms with Crippen LogP contribution in [0.3, 0.4) is 0 Å². The van der Waals surface area contributed by atoms with Gasteiger partial charge < -0.3 is 9.84 Å². The minimum atomic E-state index is 0.215. The summed E-state index contributed by atoms with van der Waals surface area (Å²) in [7, 11) is 0. The van der Waals surface area contributed by atoms with Crippen LogP contribution in [-0.4, -0.2) is 44.7 Å². The van der Waals surface area contributed by atoms with E-state index in [1.165, 1.54) is 4.80 Å². The Morgan fingerprint density at radius 2 is 1.96 bits per heavy atom. The molecule has 1 aromatic heterocycles. The number of aryl methyl sites for hydroxylation is 1. The van der Waals surface area contributed by atoms with Gasteiger partial charge in [0.25, 0.3) is 6.47 Å². The highest BCUT2D eigenvalue weighted by atomic mass is 32.2. The molecule has 0 aliphatic heterocycles. The van der Waals surface area contributed by atoms with Gasteiger partial charge in [0.1, 0.15) is 23.3 Å². The van der Waals surface area contributed by atoms with E-state index in [1.807, 2.05) is 37.3 Å². The molecule has 1 N–H and O–H groups in total. The molecule has 0 unspecified atom stereocenters. The quantitative estimate of drug-likeness (QED) is 0.294. The minimum Gasteiger partial charge on any atom is -0.505 e. The van der Waals surface area contributed by atoms with Gasteiger partial charge in [-0.15, -0.1) is 38.5 Å². The van der Waals surface area contributed by atoms with Gasteiger partial charge in [-0.3, -0.25) is 4.79 Å². The smallest absolute Gasteiger partial charge is 0.293 e. The molecule has 0 aliphatic rings. The molecule has 6 nitrogen and oxygen atoms in total. The Morgan fingerprint density at radius 1 is 1.14 bits per heavy atom. The Hall–Kier alpha value is -2.19. The van der Waals surface area contributed by atoms with Gasteiger partial charge in [0.05, 0.1) is 4.90 Å². The Balaban J connectivity index is 1.85. The average Bonchev–Trinajstić information content (AvgIpc) is 3.11. The van der Waals surface area contributed by atoms with Crippen LogP contribution in [0.25, 0.3) is 16.7 Å². The van der Waals surface area contributed by atoms with E-state index in [0.717, 1.165) is 45.0 Å². The van der Waals surface area contributed by atoms with Crippen LogP contribution in [0.2, 0.25) is 0 Å². The molecule has 0 radical (unpaired) electrons. The highest BCUT2D eigenvalue weighted by Crippen LogP contribution is 2.35. The van der Waals surface area contributed by atoms with Crippen molar-refractivity contribution in [1.29, 1.82) is 0 Å². The maximum atomic E-state index is 10.7. The zero-order valence-corrected chi connectivity index (χ0v) is 17.6. The highest BCUT2D eigenvalue weighted by molar-refractivity contribution is 7.99. The lowest BCUT2D eigenvalue weighted by molar-refractivity contribution is -0.128. The number of fused-ring (bicyclic) bond motifs is 1. The van der Waals surface area contributed by atoms with Gasteiger partial charge in [-0.25, -0.2) is 0 Å². The number of benzene rings is 2. The van der Waals surface area contributed by atoms with Crippen LogP contribution in [0.15, 0.2) is 40.1 Å². The monoisotopic (exact) mass is 417 g/mol. The third-order valence-corrected chi connectivity index (χ3v) is 6.13. The van der Waals surface area contributed by atoms with E-state index in [1.54, 1.807) is 23.5 Å². The van der Waals surface area contributed by atoms with Crippen LogP contribution < -0.4 is 0 Å². The summed E-state index contributed by atoms with van der Waals surface area (Å²) >= 11 is 3.24. The van der Waals surface area contributed by atoms with Crippen LogP contribution in [0.1, 0.15) is 25.3 Å². The molecule has 0 amide bonds. The maximum Gasteiger partial charge on any atom is 0.293 e. The van der Waals surface area contributed by atoms with E-state index in [-0.39, 0.29) is 5.75 Å². The molecule has 0 fully saturated rings. The lowest BCUT2D eigenvalue weighted by atomic mass is 10.2. The Kier molecular flexibility index (Phi) is 7.22. The fourth-order valence-electron chi connectivity index (χ4n) is 2.66. The van der Waals surface area contributed by atoms with Crippen LogP contribution in [0, 0.1) is 6.92 Å². The van der Waals surface area contributed by atoms with Gasteiger partial charge in [-0.1, -0.05) is 13.3 Å². The Labute approximate surface area is 172 Å². The molecule has 3 rings (SSSR count). The fraction of sp³-hybridized carbons (Fsp3) is 0.350. The molecule has 0 saturated carbocycles. The van der Waals surface area contributed by atoms with Crippen molar-refractivity contribution in [3.8, 4) is 11.4 Å². The number of hydrogen-bond acceptors (Lipinski definition) is 7. The number of phenols is 1. The second kappa shape index (κ2) is 9.84. The van der Waals surface area contributed by atoms with E-state index in [2.05, 4.69) is 17.1 Å². The van der Waals surface area contributed by atoms with E-state index in [4.69, 9.17) is 4.74 Å². The first-order chi connectivity index (χ1) is 13.6. The van der Waals surface area contributed by atoms with Crippen molar-refractivity contribution in [1.82, 2.24) is 15.0 Å². The molecule has 1 heterocycles. The van der Waals surface area contributed by atoms with Crippen LogP contribution >= 0.6 is 23.5 Å². The lowest BCUT2D eigenvalue weighted by Gasteiger charge is -2.10. The van der Waals surface area contributed by atoms with Crippen LogP contribution in [0.4, 0.5) is 0 Å². The van der Waals surface area contributed by atoms with Gasteiger partial charge in [0.2, 0.25) is 0 Å². The van der Waals surface area contributed by atoms with Gasteiger partial charge in [0.15, 0.2) is 5.75 Å². The van der Waals surface area contributed by atoms with Crippen molar-refractivity contribution in [3.05, 3.63) is 35.9 Å². The summed E-state index contributed by atoms with van der Waals surface area (Å²) < 4.78 is 4.71. The number of carbonyl (C=O) groups is 1. The van der Waals surface area contributed by atoms with Gasteiger partial charge in [-0.2, -0.15) is 0 Å². The molecule has 0 bridgehead atoms. The second-order valence-corrected chi connectivity index (χ2v) is 8.59. The maximum absolute atomic E-state index is 10.7. The first-order valence-electron chi connectivity index (χ1n) is 9.14. The fourth-order valence-corrected chi connectivity index (χ4v) is 4.60. The largest absolute Gasteiger partial charge is 0.505 e. The van der Waals surface area contributed by atoms with Crippen LogP contribution in [-0.2, 0) is 9.53 Å². The molecule has 28 heavy (non-hydrogen) atoms. The third kappa shape index (κ3) is 4.99. The predicted molar refractivity (Wildman–Crippen MR) is 114 cm³/mol. The van der Waals surface area contributed by atoms with E-state index in [9.17, 15) is 9.90 Å². The Bertz CT molecular complexity index is 959. The number of aromatic nitrogens is 3. The zero-order chi connectivity index (χ0) is 19.9. The zero-order valence-electron chi connectivity index (χ0n) is 15.9. The van der Waals surface area contributed by atoms with Gasteiger partial charge in [0, 0.05) is 10.6 Å². The first-order valence-corrected chi connectivity index (χ1v) is 11.1. The molecule has 0 saturated heterocycles. The molecule has 0 atom stereocenters. The molecule has 8 heteroatoms. The summed E-state index contributed by atoms with van der Waals surface area (Å²) in [5, 5.41) is 19.8. The van der Waals surface area contributed by atoms with E-state index < -0.39 is 0 Å². The van der Waals surface area contributed by atoms with Crippen molar-refractivity contribution in [3.63, 3.8) is 0 Å². The molecule has 0 spiro atoms. The number of hydrogen-bond donors (Lipinski definition) is 1. The molecule has 2 aromatic carbocycles. The number of ether oxygens (including phenoxy) is 1. The normalized spacial score (nSPS) is 11.1. The number of unbranched alkanes of at least 4 members (excludes halogenated alkanes) is 1. The second-order valence-electron chi connectivity index (χ2n) is 6.29. The Morgan fingerprint density at radius 3 is 2.75 bits per heavy atom. The summed E-state index contributed by atoms with van der Waals surface area (Å²) in [4.78, 5) is 13.6. The molecular formula is C20H23N3O3S2. The summed E-state index contributed by atoms with van der Waals surface area (Å²) in [5.41, 5.74) is 3.15. The standard InChI is InChI=1S/C20H23N3O3S2/c1-3-4-8-28-19-11-14(2)10-18(20(19)25)23-21-16-6-5-15(12-17(16)22-23)27-9-7-26-13-24/h5-6,10-13,25H,3-4,7-9H2,1-2H3. The summed E-state index contributed by atoms with van der Waals surface area (Å²) in [6.07, 6.45) is 2.23. The summed E-state index contributed by atoms with van der Waals surface area (Å²) in [5.74, 6) is 1.86. The van der Waals surface area contributed by atoms with Crippen molar-refractivity contribution < 1.29 is 14.6 Å². The van der Waals surface area contributed by atoms with Crippen molar-refractivity contribution in [2.24, 2.45) is 0 Å². The van der Waals surface area contributed by atoms with Crippen molar-refractivity contribution in [2.45, 2.75) is 36.5 Å². The molecule has 3 aromatic rings. The molecule has 148 valence electrons. The van der Waals surface area contributed by atoms with Crippen molar-refractivity contribution >= 4 is 41.0 Å². The number of thioether (sulfide) groups is 2. The molecule has 0 aliphatic carbocycles. The lowest BCUT2D eigenvalue weighted by Crippen LogP contribution is -2.00. The summed E-state index contributed by atoms with van der Waals surface area (Å²) in [6, 6.07) is 9.72. The number of aromatic hydroxyl groups is 1. The van der Waals surface area contributed by atoms with E-state index >= 15 is 0 Å². The van der Waals surface area contributed by atoms with Crippen LogP contribution in [0.5, 0.6) is 5.75 Å².